The van der Waals surface area contributed by atoms with Gasteiger partial charge in [0.25, 0.3) is 0 Å². The van der Waals surface area contributed by atoms with Crippen molar-refractivity contribution in [3.05, 3.63) is 43.0 Å². The molecule has 1 saturated carbocycles. The quantitative estimate of drug-likeness (QED) is 0.363. The van der Waals surface area contributed by atoms with E-state index in [1.54, 1.807) is 17.9 Å². The Morgan fingerprint density at radius 1 is 1.06 bits per heavy atom. The van der Waals surface area contributed by atoms with Gasteiger partial charge in [-0.05, 0) is 17.7 Å². The van der Waals surface area contributed by atoms with E-state index >= 15 is 0 Å². The molecule has 1 fully saturated rings. The number of aromatic amines is 1. The molecule has 9 heteroatoms. The van der Waals surface area contributed by atoms with Gasteiger partial charge in [-0.3, -0.25) is 14.2 Å². The maximum absolute atomic E-state index is 11.5. The smallest absolute Gasteiger partial charge is 0.213 e. The number of pyridine rings is 1. The van der Waals surface area contributed by atoms with Crippen molar-refractivity contribution in [2.45, 2.75) is 25.7 Å². The molecule has 5 aromatic rings. The number of aryl methyl sites for hydroxylation is 2. The van der Waals surface area contributed by atoms with Crippen LogP contribution >= 0.6 is 0 Å². The minimum atomic E-state index is 0.699. The molecule has 35 heavy (non-hydrogen) atoms. The first-order chi connectivity index (χ1) is 17.0. The number of benzene rings is 1. The van der Waals surface area contributed by atoms with Gasteiger partial charge in [-0.25, -0.2) is 4.98 Å². The van der Waals surface area contributed by atoms with Gasteiger partial charge in [-0.1, -0.05) is 31.7 Å². The fraction of sp³-hybridized carbons (Fsp3) is 0.308. The average Bonchev–Trinajstić information content (AvgIpc) is 3.53. The molecule has 1 amide bonds. The third-order valence-corrected chi connectivity index (χ3v) is 6.62. The number of amides is 1. The number of nitrogens with one attached hydrogen (secondary N) is 2. The van der Waals surface area contributed by atoms with Crippen LogP contribution in [0.2, 0.25) is 0 Å². The van der Waals surface area contributed by atoms with Gasteiger partial charge >= 0.3 is 0 Å². The zero-order valence-electron chi connectivity index (χ0n) is 20.5. The lowest BCUT2D eigenvalue weighted by Gasteiger charge is -2.17. The minimum Gasteiger partial charge on any atom is -0.386 e. The summed E-state index contributed by atoms with van der Waals surface area (Å²) in [7, 11) is 7.38. The Hall–Kier alpha value is -4.14. The third kappa shape index (κ3) is 4.03. The van der Waals surface area contributed by atoms with Crippen molar-refractivity contribution in [3.8, 4) is 22.4 Å². The Balaban J connectivity index is 0.000000577. The number of nitrogens with zero attached hydrogens (tertiary/aromatic N) is 6. The number of hydrogen-bond acceptors (Lipinski definition) is 5. The van der Waals surface area contributed by atoms with Crippen molar-refractivity contribution in [3.63, 3.8) is 0 Å². The van der Waals surface area contributed by atoms with E-state index in [1.165, 1.54) is 30.6 Å². The van der Waals surface area contributed by atoms with Crippen molar-refractivity contribution < 1.29 is 4.79 Å². The van der Waals surface area contributed by atoms with E-state index in [4.69, 9.17) is 0 Å². The van der Waals surface area contributed by atoms with Gasteiger partial charge in [0.15, 0.2) is 0 Å². The molecule has 1 aliphatic carbocycles. The number of anilines is 2. The normalized spacial score (nSPS) is 12.8. The van der Waals surface area contributed by atoms with Crippen molar-refractivity contribution in [2.75, 3.05) is 24.3 Å². The molecule has 180 valence electrons. The maximum atomic E-state index is 11.5. The molecule has 0 aliphatic heterocycles. The van der Waals surface area contributed by atoms with Crippen LogP contribution in [0.1, 0.15) is 25.7 Å². The highest BCUT2D eigenvalue weighted by atomic mass is 16.1. The van der Waals surface area contributed by atoms with Gasteiger partial charge in [0, 0.05) is 50.9 Å². The zero-order chi connectivity index (χ0) is 24.5. The maximum Gasteiger partial charge on any atom is 0.213 e. The Kier molecular flexibility index (Phi) is 5.98. The second-order valence-electron chi connectivity index (χ2n) is 8.94. The first kappa shape index (κ1) is 22.6. The van der Waals surface area contributed by atoms with Crippen molar-refractivity contribution >= 4 is 39.7 Å². The standard InChI is InChI=1S/C22H22N8O.C4H8/c1-23-21-17(28(2)12-31)10-24-22-19(21)18(20(27-22)15-9-25-29(3)11-15)13-5-6-16-14(7-13)8-26-30(16)4;1-2-4-3-1/h5-12H,1-4H3,(H2,23,24,27);1-4H2. The molecule has 0 saturated heterocycles. The first-order valence-electron chi connectivity index (χ1n) is 11.8. The van der Waals surface area contributed by atoms with Crippen LogP contribution < -0.4 is 10.2 Å². The molecule has 0 bridgehead atoms. The Morgan fingerprint density at radius 3 is 2.46 bits per heavy atom. The summed E-state index contributed by atoms with van der Waals surface area (Å²) in [4.78, 5) is 21.1. The topological polar surface area (TPSA) is 96.7 Å². The molecule has 0 radical (unpaired) electrons. The number of rotatable bonds is 5. The highest BCUT2D eigenvalue weighted by molar-refractivity contribution is 6.12. The van der Waals surface area contributed by atoms with Crippen LogP contribution in [0.25, 0.3) is 44.3 Å². The van der Waals surface area contributed by atoms with Crippen LogP contribution in [-0.2, 0) is 18.9 Å². The van der Waals surface area contributed by atoms with Crippen LogP contribution in [0.4, 0.5) is 11.4 Å². The molecule has 4 heterocycles. The number of aromatic nitrogens is 6. The molecule has 9 nitrogen and oxygen atoms in total. The van der Waals surface area contributed by atoms with E-state index in [9.17, 15) is 4.79 Å². The number of carbonyl (C=O) groups excluding carboxylic acids is 1. The van der Waals surface area contributed by atoms with E-state index in [2.05, 4.69) is 43.7 Å². The Bertz CT molecular complexity index is 1500. The van der Waals surface area contributed by atoms with Crippen LogP contribution in [-0.4, -0.2) is 50.0 Å². The largest absolute Gasteiger partial charge is 0.386 e. The fourth-order valence-electron chi connectivity index (χ4n) is 4.35. The molecular weight excluding hydrogens is 440 g/mol. The van der Waals surface area contributed by atoms with Gasteiger partial charge < -0.3 is 15.2 Å². The summed E-state index contributed by atoms with van der Waals surface area (Å²) in [5, 5.41) is 14.0. The van der Waals surface area contributed by atoms with E-state index in [0.29, 0.717) is 5.69 Å². The van der Waals surface area contributed by atoms with Crippen molar-refractivity contribution in [1.29, 1.82) is 0 Å². The summed E-state index contributed by atoms with van der Waals surface area (Å²) in [5.74, 6) is 0. The van der Waals surface area contributed by atoms with Crippen molar-refractivity contribution in [1.82, 2.24) is 29.5 Å². The molecule has 1 aliphatic rings. The van der Waals surface area contributed by atoms with Gasteiger partial charge in [-0.15, -0.1) is 0 Å². The molecule has 6 rings (SSSR count). The SMILES string of the molecule is C1CCC1.CNc1c(N(C)C=O)cnc2[nH]c(-c3cnn(C)c3)c(-c3ccc4c(cnn4C)c3)c12. The van der Waals surface area contributed by atoms with E-state index < -0.39 is 0 Å². The van der Waals surface area contributed by atoms with Crippen LogP contribution in [0.3, 0.4) is 0 Å². The van der Waals surface area contributed by atoms with Gasteiger partial charge in [0.2, 0.25) is 6.41 Å². The highest BCUT2D eigenvalue weighted by Gasteiger charge is 2.22. The average molecular weight is 471 g/mol. The third-order valence-electron chi connectivity index (χ3n) is 6.62. The fourth-order valence-corrected chi connectivity index (χ4v) is 4.35. The van der Waals surface area contributed by atoms with Gasteiger partial charge in [0.1, 0.15) is 5.65 Å². The lowest BCUT2D eigenvalue weighted by atomic mass is 9.98. The molecule has 0 spiro atoms. The molecule has 2 N–H and O–H groups in total. The molecule has 0 atom stereocenters. The lowest BCUT2D eigenvalue weighted by Crippen LogP contribution is -2.15. The molecular formula is C26H30N8O. The summed E-state index contributed by atoms with van der Waals surface area (Å²) in [6.07, 6.45) is 14.1. The van der Waals surface area contributed by atoms with Gasteiger partial charge in [-0.2, -0.15) is 10.2 Å². The summed E-state index contributed by atoms with van der Waals surface area (Å²) >= 11 is 0. The van der Waals surface area contributed by atoms with Crippen LogP contribution in [0, 0.1) is 0 Å². The molecule has 0 unspecified atom stereocenters. The molecule has 1 aromatic carbocycles. The van der Waals surface area contributed by atoms with E-state index in [-0.39, 0.29) is 0 Å². The number of carbonyl (C=O) groups is 1. The monoisotopic (exact) mass is 470 g/mol. The summed E-state index contributed by atoms with van der Waals surface area (Å²) < 4.78 is 3.63. The predicted molar refractivity (Wildman–Crippen MR) is 140 cm³/mol. The predicted octanol–water partition coefficient (Wildman–Crippen LogP) is 4.71. The van der Waals surface area contributed by atoms with E-state index in [0.717, 1.165) is 56.4 Å². The highest BCUT2D eigenvalue weighted by Crippen LogP contribution is 2.44. The minimum absolute atomic E-state index is 0.699. The van der Waals surface area contributed by atoms with Crippen LogP contribution in [0.15, 0.2) is 43.0 Å². The van der Waals surface area contributed by atoms with Crippen LogP contribution in [0.5, 0.6) is 0 Å². The number of H-pyrrole nitrogens is 1. The summed E-state index contributed by atoms with van der Waals surface area (Å²) in [6.45, 7) is 0. The zero-order valence-corrected chi connectivity index (χ0v) is 20.5. The summed E-state index contributed by atoms with van der Waals surface area (Å²) in [5.41, 5.74) is 7.20. The Labute approximate surface area is 203 Å². The first-order valence-corrected chi connectivity index (χ1v) is 11.8. The van der Waals surface area contributed by atoms with Gasteiger partial charge in [0.05, 0.1) is 46.6 Å². The second-order valence-corrected chi connectivity index (χ2v) is 8.94. The second kappa shape index (κ2) is 9.25. The van der Waals surface area contributed by atoms with Crippen molar-refractivity contribution in [2.24, 2.45) is 14.1 Å². The van der Waals surface area contributed by atoms with E-state index in [1.807, 2.05) is 44.4 Å². The molecule has 4 aromatic heterocycles. The number of hydrogen-bond donors (Lipinski definition) is 2. The lowest BCUT2D eigenvalue weighted by molar-refractivity contribution is -0.107. The Morgan fingerprint density at radius 2 is 1.83 bits per heavy atom. The summed E-state index contributed by atoms with van der Waals surface area (Å²) in [6, 6.07) is 6.28. The number of fused-ring (bicyclic) bond motifs is 2.